The number of anilines is 3. The number of fused-ring (bicyclic) bond motifs is 1. The molecular weight excluding hydrogens is 322 g/mol. The van der Waals surface area contributed by atoms with Crippen molar-refractivity contribution in [3.63, 3.8) is 0 Å². The average Bonchev–Trinajstić information content (AvgIpc) is 2.56. The fraction of sp³-hybridized carbons (Fsp3) is 0.167. The van der Waals surface area contributed by atoms with Crippen LogP contribution in [0.5, 0.6) is 5.75 Å². The van der Waals surface area contributed by atoms with Crippen LogP contribution in [0.15, 0.2) is 42.5 Å². The normalized spacial score (nSPS) is 15.4. The lowest BCUT2D eigenvalue weighted by Crippen LogP contribution is -2.34. The van der Waals surface area contributed by atoms with Crippen LogP contribution in [0.4, 0.5) is 17.1 Å². The van der Waals surface area contributed by atoms with Crippen molar-refractivity contribution in [2.24, 2.45) is 0 Å². The first-order chi connectivity index (χ1) is 11.9. The van der Waals surface area contributed by atoms with Crippen LogP contribution in [0.2, 0.25) is 0 Å². The summed E-state index contributed by atoms with van der Waals surface area (Å²) in [6.45, 7) is 3.08. The number of carbonyl (C=O) groups is 3. The van der Waals surface area contributed by atoms with E-state index in [0.29, 0.717) is 28.4 Å². The zero-order valence-electron chi connectivity index (χ0n) is 13.8. The molecule has 0 saturated heterocycles. The summed E-state index contributed by atoms with van der Waals surface area (Å²) in [6, 6.07) is 11.6. The van der Waals surface area contributed by atoms with Crippen molar-refractivity contribution in [2.45, 2.75) is 20.0 Å². The highest BCUT2D eigenvalue weighted by Crippen LogP contribution is 2.32. The second kappa shape index (κ2) is 6.64. The van der Waals surface area contributed by atoms with Gasteiger partial charge in [-0.3, -0.25) is 14.4 Å². The Kier molecular flexibility index (Phi) is 4.38. The number of hydrogen-bond acceptors (Lipinski definition) is 4. The predicted molar refractivity (Wildman–Crippen MR) is 93.9 cm³/mol. The molecule has 25 heavy (non-hydrogen) atoms. The van der Waals surface area contributed by atoms with Crippen molar-refractivity contribution in [3.8, 4) is 5.75 Å². The average molecular weight is 339 g/mol. The third-order valence-electron chi connectivity index (χ3n) is 3.64. The van der Waals surface area contributed by atoms with E-state index < -0.39 is 6.10 Å². The largest absolute Gasteiger partial charge is 0.479 e. The number of benzene rings is 2. The zero-order valence-corrected chi connectivity index (χ0v) is 13.8. The fourth-order valence-electron chi connectivity index (χ4n) is 2.40. The summed E-state index contributed by atoms with van der Waals surface area (Å²) in [5.41, 5.74) is 2.11. The van der Waals surface area contributed by atoms with Gasteiger partial charge in [0.25, 0.3) is 11.8 Å². The van der Waals surface area contributed by atoms with Crippen molar-refractivity contribution in [1.29, 1.82) is 0 Å². The van der Waals surface area contributed by atoms with Crippen molar-refractivity contribution < 1.29 is 19.1 Å². The molecule has 1 heterocycles. The number of carbonyl (C=O) groups excluding carboxylic acids is 3. The molecule has 3 N–H and O–H groups in total. The number of hydrogen-bond donors (Lipinski definition) is 3. The van der Waals surface area contributed by atoms with Gasteiger partial charge in [-0.2, -0.15) is 0 Å². The molecular formula is C18H17N3O4. The highest BCUT2D eigenvalue weighted by molar-refractivity contribution is 6.05. The van der Waals surface area contributed by atoms with E-state index in [1.54, 1.807) is 49.4 Å². The van der Waals surface area contributed by atoms with Crippen LogP contribution < -0.4 is 20.7 Å². The lowest BCUT2D eigenvalue weighted by atomic mass is 10.1. The van der Waals surface area contributed by atoms with Gasteiger partial charge in [-0.05, 0) is 49.4 Å². The summed E-state index contributed by atoms with van der Waals surface area (Å²) in [5.74, 6) is -0.148. The fourth-order valence-corrected chi connectivity index (χ4v) is 2.40. The Morgan fingerprint density at radius 2 is 1.72 bits per heavy atom. The minimum absolute atomic E-state index is 0.176. The Bertz CT molecular complexity index is 846. The molecule has 1 aliphatic heterocycles. The summed E-state index contributed by atoms with van der Waals surface area (Å²) >= 11 is 0. The van der Waals surface area contributed by atoms with Gasteiger partial charge in [0.2, 0.25) is 5.91 Å². The first-order valence-electron chi connectivity index (χ1n) is 7.73. The molecule has 128 valence electrons. The van der Waals surface area contributed by atoms with E-state index in [4.69, 9.17) is 4.74 Å². The molecule has 3 rings (SSSR count). The van der Waals surface area contributed by atoms with Gasteiger partial charge in [-0.25, -0.2) is 0 Å². The Morgan fingerprint density at radius 3 is 2.40 bits per heavy atom. The van der Waals surface area contributed by atoms with E-state index in [-0.39, 0.29) is 17.7 Å². The van der Waals surface area contributed by atoms with E-state index in [1.807, 2.05) is 0 Å². The lowest BCUT2D eigenvalue weighted by Gasteiger charge is -2.23. The Labute approximate surface area is 144 Å². The first-order valence-corrected chi connectivity index (χ1v) is 7.73. The molecule has 0 radical (unpaired) electrons. The van der Waals surface area contributed by atoms with Crippen LogP contribution in [0, 0.1) is 0 Å². The second-order valence-corrected chi connectivity index (χ2v) is 5.67. The topological polar surface area (TPSA) is 96.5 Å². The third-order valence-corrected chi connectivity index (χ3v) is 3.64. The van der Waals surface area contributed by atoms with Gasteiger partial charge in [0.05, 0.1) is 5.69 Å². The Balaban J connectivity index is 1.72. The predicted octanol–water partition coefficient (Wildman–Crippen LogP) is 2.62. The van der Waals surface area contributed by atoms with Gasteiger partial charge in [-0.15, -0.1) is 0 Å². The smallest absolute Gasteiger partial charge is 0.265 e. The number of ether oxygens (including phenoxy) is 1. The number of rotatable bonds is 3. The van der Waals surface area contributed by atoms with Gasteiger partial charge in [0.1, 0.15) is 5.75 Å². The van der Waals surface area contributed by atoms with E-state index >= 15 is 0 Å². The maximum Gasteiger partial charge on any atom is 0.265 e. The minimum atomic E-state index is -0.546. The minimum Gasteiger partial charge on any atom is -0.479 e. The van der Waals surface area contributed by atoms with E-state index in [2.05, 4.69) is 16.0 Å². The first kappa shape index (κ1) is 16.5. The van der Waals surface area contributed by atoms with Crippen LogP contribution in [-0.4, -0.2) is 23.8 Å². The van der Waals surface area contributed by atoms with Crippen LogP contribution in [-0.2, 0) is 9.59 Å². The standard InChI is InChI=1S/C18H17N3O4/c1-10-17(23)21-15-9-14(7-8-16(15)25-10)20-18(24)12-3-5-13(6-4-12)19-11(2)22/h3-10H,1-2H3,(H,19,22)(H,20,24)(H,21,23)/t10-/m1/s1. The van der Waals surface area contributed by atoms with Crippen molar-refractivity contribution >= 4 is 34.8 Å². The molecule has 1 atom stereocenters. The molecule has 2 aromatic carbocycles. The van der Waals surface area contributed by atoms with Gasteiger partial charge in [0.15, 0.2) is 6.10 Å². The summed E-state index contributed by atoms with van der Waals surface area (Å²) in [7, 11) is 0. The van der Waals surface area contributed by atoms with Gasteiger partial charge in [0, 0.05) is 23.9 Å². The lowest BCUT2D eigenvalue weighted by molar-refractivity contribution is -0.122. The van der Waals surface area contributed by atoms with Crippen LogP contribution in [0.3, 0.4) is 0 Å². The molecule has 7 nitrogen and oxygen atoms in total. The van der Waals surface area contributed by atoms with E-state index in [9.17, 15) is 14.4 Å². The summed E-state index contributed by atoms with van der Waals surface area (Å²) in [5, 5.41) is 8.13. The summed E-state index contributed by atoms with van der Waals surface area (Å²) in [4.78, 5) is 35.0. The van der Waals surface area contributed by atoms with Crippen LogP contribution in [0.1, 0.15) is 24.2 Å². The van der Waals surface area contributed by atoms with Crippen LogP contribution in [0.25, 0.3) is 0 Å². The van der Waals surface area contributed by atoms with E-state index in [1.165, 1.54) is 6.92 Å². The van der Waals surface area contributed by atoms with Crippen LogP contribution >= 0.6 is 0 Å². The molecule has 7 heteroatoms. The molecule has 0 aromatic heterocycles. The second-order valence-electron chi connectivity index (χ2n) is 5.67. The summed E-state index contributed by atoms with van der Waals surface area (Å²) in [6.07, 6.45) is -0.546. The molecule has 0 fully saturated rings. The highest BCUT2D eigenvalue weighted by atomic mass is 16.5. The molecule has 0 spiro atoms. The third kappa shape index (κ3) is 3.77. The maximum absolute atomic E-state index is 12.3. The van der Waals surface area contributed by atoms with Gasteiger partial charge < -0.3 is 20.7 Å². The van der Waals surface area contributed by atoms with Crippen molar-refractivity contribution in [1.82, 2.24) is 0 Å². The van der Waals surface area contributed by atoms with E-state index in [0.717, 1.165) is 0 Å². The quantitative estimate of drug-likeness (QED) is 0.801. The van der Waals surface area contributed by atoms with Gasteiger partial charge in [-0.1, -0.05) is 0 Å². The number of amides is 3. The Morgan fingerprint density at radius 1 is 1.04 bits per heavy atom. The maximum atomic E-state index is 12.3. The molecule has 0 aliphatic carbocycles. The van der Waals surface area contributed by atoms with Gasteiger partial charge >= 0.3 is 0 Å². The molecule has 0 saturated carbocycles. The summed E-state index contributed by atoms with van der Waals surface area (Å²) < 4.78 is 5.47. The zero-order chi connectivity index (χ0) is 18.0. The monoisotopic (exact) mass is 339 g/mol. The van der Waals surface area contributed by atoms with Crippen molar-refractivity contribution in [3.05, 3.63) is 48.0 Å². The molecule has 3 amide bonds. The molecule has 0 bridgehead atoms. The molecule has 0 unspecified atom stereocenters. The Hall–Kier alpha value is -3.35. The number of nitrogens with one attached hydrogen (secondary N) is 3. The SMILES string of the molecule is CC(=O)Nc1ccc(C(=O)Nc2ccc3c(c2)NC(=O)[C@@H](C)O3)cc1. The molecule has 2 aromatic rings. The molecule has 1 aliphatic rings. The van der Waals surface area contributed by atoms with Crippen molar-refractivity contribution in [2.75, 3.05) is 16.0 Å². The highest BCUT2D eigenvalue weighted by Gasteiger charge is 2.23.